The molecular weight excluding hydrogens is 300 g/mol. The third kappa shape index (κ3) is 2.73. The average Bonchev–Trinajstić information content (AvgIpc) is 3.01. The molecular formula is C17H13ClN2O2. The predicted molar refractivity (Wildman–Crippen MR) is 85.3 cm³/mol. The first-order chi connectivity index (χ1) is 10.7. The molecule has 0 aliphatic rings. The maximum absolute atomic E-state index is 12.0. The minimum Gasteiger partial charge on any atom is -0.465 e. The van der Waals surface area contributed by atoms with E-state index in [1.165, 1.54) is 7.11 Å². The maximum Gasteiger partial charge on any atom is 0.341 e. The molecule has 0 saturated heterocycles. The van der Waals surface area contributed by atoms with Crippen molar-refractivity contribution in [3.8, 4) is 16.9 Å². The fourth-order valence-corrected chi connectivity index (χ4v) is 2.29. The fourth-order valence-electron chi connectivity index (χ4n) is 2.17. The summed E-state index contributed by atoms with van der Waals surface area (Å²) in [6, 6.07) is 16.8. The first-order valence-electron chi connectivity index (χ1n) is 6.68. The van der Waals surface area contributed by atoms with Crippen LogP contribution in [-0.4, -0.2) is 22.9 Å². The normalized spacial score (nSPS) is 10.5. The summed E-state index contributed by atoms with van der Waals surface area (Å²) >= 11 is 5.90. The molecule has 0 aliphatic heterocycles. The van der Waals surface area contributed by atoms with Crippen LogP contribution in [0.25, 0.3) is 16.9 Å². The topological polar surface area (TPSA) is 44.1 Å². The van der Waals surface area contributed by atoms with Gasteiger partial charge in [0, 0.05) is 16.8 Å². The van der Waals surface area contributed by atoms with Crippen LogP contribution < -0.4 is 0 Å². The highest BCUT2D eigenvalue weighted by Crippen LogP contribution is 2.24. The average molecular weight is 313 g/mol. The van der Waals surface area contributed by atoms with Crippen molar-refractivity contribution in [3.05, 3.63) is 71.4 Å². The Kier molecular flexibility index (Phi) is 3.94. The first-order valence-corrected chi connectivity index (χ1v) is 7.06. The molecule has 1 aromatic heterocycles. The molecule has 0 unspecified atom stereocenters. The molecule has 2 aromatic carbocycles. The molecule has 0 bridgehead atoms. The van der Waals surface area contributed by atoms with Crippen LogP contribution in [-0.2, 0) is 4.74 Å². The third-order valence-corrected chi connectivity index (χ3v) is 3.51. The summed E-state index contributed by atoms with van der Waals surface area (Å²) in [6.07, 6.45) is 1.66. The zero-order valence-electron chi connectivity index (χ0n) is 11.9. The Morgan fingerprint density at radius 1 is 1.09 bits per heavy atom. The Bertz CT molecular complexity index is 795. The van der Waals surface area contributed by atoms with E-state index in [1.54, 1.807) is 23.0 Å². The molecule has 0 radical (unpaired) electrons. The minimum atomic E-state index is -0.418. The smallest absolute Gasteiger partial charge is 0.341 e. The Labute approximate surface area is 132 Å². The highest BCUT2D eigenvalue weighted by Gasteiger charge is 2.18. The van der Waals surface area contributed by atoms with Gasteiger partial charge in [-0.05, 0) is 24.3 Å². The zero-order chi connectivity index (χ0) is 15.5. The van der Waals surface area contributed by atoms with Crippen LogP contribution in [0.2, 0.25) is 5.02 Å². The van der Waals surface area contributed by atoms with Gasteiger partial charge in [0.15, 0.2) is 0 Å². The monoisotopic (exact) mass is 312 g/mol. The van der Waals surface area contributed by atoms with E-state index in [-0.39, 0.29) is 0 Å². The minimum absolute atomic E-state index is 0.418. The molecule has 22 heavy (non-hydrogen) atoms. The summed E-state index contributed by atoms with van der Waals surface area (Å²) in [5.41, 5.74) is 2.68. The van der Waals surface area contributed by atoms with E-state index in [4.69, 9.17) is 16.3 Å². The van der Waals surface area contributed by atoms with E-state index in [1.807, 2.05) is 42.5 Å². The van der Waals surface area contributed by atoms with E-state index in [0.717, 1.165) is 11.3 Å². The zero-order valence-corrected chi connectivity index (χ0v) is 12.6. The van der Waals surface area contributed by atoms with E-state index >= 15 is 0 Å². The molecule has 0 N–H and O–H groups in total. The number of halogens is 1. The van der Waals surface area contributed by atoms with Crippen LogP contribution in [0.5, 0.6) is 0 Å². The summed E-state index contributed by atoms with van der Waals surface area (Å²) in [6.45, 7) is 0. The summed E-state index contributed by atoms with van der Waals surface area (Å²) in [5, 5.41) is 5.17. The number of hydrogen-bond donors (Lipinski definition) is 0. The number of benzene rings is 2. The lowest BCUT2D eigenvalue weighted by molar-refractivity contribution is 0.0601. The largest absolute Gasteiger partial charge is 0.465 e. The molecule has 4 nitrogen and oxygen atoms in total. The van der Waals surface area contributed by atoms with Crippen molar-refractivity contribution in [2.24, 2.45) is 0 Å². The van der Waals surface area contributed by atoms with Crippen LogP contribution in [0.3, 0.4) is 0 Å². The van der Waals surface area contributed by atoms with Crippen molar-refractivity contribution < 1.29 is 9.53 Å². The molecule has 0 saturated carbocycles. The van der Waals surface area contributed by atoms with Crippen molar-refractivity contribution in [3.63, 3.8) is 0 Å². The van der Waals surface area contributed by atoms with E-state index in [9.17, 15) is 4.79 Å². The van der Waals surface area contributed by atoms with Gasteiger partial charge in [0.25, 0.3) is 0 Å². The Balaban J connectivity index is 2.13. The molecule has 0 amide bonds. The van der Waals surface area contributed by atoms with Gasteiger partial charge in [-0.2, -0.15) is 5.10 Å². The van der Waals surface area contributed by atoms with E-state index in [0.29, 0.717) is 16.3 Å². The third-order valence-electron chi connectivity index (χ3n) is 3.26. The molecule has 0 aliphatic carbocycles. The van der Waals surface area contributed by atoms with Gasteiger partial charge in [0.2, 0.25) is 0 Å². The van der Waals surface area contributed by atoms with Crippen molar-refractivity contribution in [1.29, 1.82) is 0 Å². The molecule has 0 atom stereocenters. The number of methoxy groups -OCH3 is 1. The lowest BCUT2D eigenvalue weighted by Gasteiger charge is -2.01. The van der Waals surface area contributed by atoms with Crippen molar-refractivity contribution in [2.75, 3.05) is 7.11 Å². The summed E-state index contributed by atoms with van der Waals surface area (Å²) in [4.78, 5) is 12.0. The Morgan fingerprint density at radius 2 is 1.77 bits per heavy atom. The van der Waals surface area contributed by atoms with Gasteiger partial charge in [-0.3, -0.25) is 0 Å². The van der Waals surface area contributed by atoms with Crippen LogP contribution in [0.4, 0.5) is 0 Å². The number of nitrogens with zero attached hydrogens (tertiary/aromatic N) is 2. The van der Waals surface area contributed by atoms with Gasteiger partial charge >= 0.3 is 5.97 Å². The fraction of sp³-hybridized carbons (Fsp3) is 0.0588. The molecule has 5 heteroatoms. The van der Waals surface area contributed by atoms with Gasteiger partial charge in [-0.25, -0.2) is 9.48 Å². The highest BCUT2D eigenvalue weighted by molar-refractivity contribution is 6.30. The Morgan fingerprint density at radius 3 is 2.41 bits per heavy atom. The second kappa shape index (κ2) is 6.03. The lowest BCUT2D eigenvalue weighted by atomic mass is 10.1. The van der Waals surface area contributed by atoms with Gasteiger partial charge < -0.3 is 4.74 Å². The SMILES string of the molecule is COC(=O)c1cn(-c2ccc(Cl)cc2)nc1-c1ccccc1. The number of carbonyl (C=O) groups excluding carboxylic acids is 1. The molecule has 0 spiro atoms. The summed E-state index contributed by atoms with van der Waals surface area (Å²) < 4.78 is 6.50. The van der Waals surface area contributed by atoms with Gasteiger partial charge in [0.1, 0.15) is 11.3 Å². The van der Waals surface area contributed by atoms with Gasteiger partial charge in [-0.1, -0.05) is 41.9 Å². The number of aromatic nitrogens is 2. The molecule has 1 heterocycles. The van der Waals surface area contributed by atoms with E-state index in [2.05, 4.69) is 5.10 Å². The van der Waals surface area contributed by atoms with Gasteiger partial charge in [0.05, 0.1) is 12.8 Å². The van der Waals surface area contributed by atoms with Crippen LogP contribution in [0.1, 0.15) is 10.4 Å². The first kappa shape index (κ1) is 14.4. The number of hydrogen-bond acceptors (Lipinski definition) is 3. The van der Waals surface area contributed by atoms with Crippen LogP contribution in [0, 0.1) is 0 Å². The predicted octanol–water partition coefficient (Wildman–Crippen LogP) is 3.98. The summed E-state index contributed by atoms with van der Waals surface area (Å²) in [7, 11) is 1.36. The quantitative estimate of drug-likeness (QED) is 0.687. The molecule has 3 rings (SSSR count). The van der Waals surface area contributed by atoms with Crippen molar-refractivity contribution in [2.45, 2.75) is 0 Å². The highest BCUT2D eigenvalue weighted by atomic mass is 35.5. The molecule has 0 fully saturated rings. The number of ether oxygens (including phenoxy) is 1. The lowest BCUT2D eigenvalue weighted by Crippen LogP contribution is -2.01. The van der Waals surface area contributed by atoms with Crippen molar-refractivity contribution in [1.82, 2.24) is 9.78 Å². The molecule has 110 valence electrons. The van der Waals surface area contributed by atoms with Crippen LogP contribution in [0.15, 0.2) is 60.8 Å². The van der Waals surface area contributed by atoms with E-state index < -0.39 is 5.97 Å². The Hall–Kier alpha value is -2.59. The maximum atomic E-state index is 12.0. The summed E-state index contributed by atoms with van der Waals surface area (Å²) in [5.74, 6) is -0.418. The number of carbonyl (C=O) groups is 1. The number of esters is 1. The number of rotatable bonds is 3. The van der Waals surface area contributed by atoms with Gasteiger partial charge in [-0.15, -0.1) is 0 Å². The second-order valence-corrected chi connectivity index (χ2v) is 5.11. The standard InChI is InChI=1S/C17H13ClN2O2/c1-22-17(21)15-11-20(14-9-7-13(18)8-10-14)19-16(15)12-5-3-2-4-6-12/h2-11H,1H3. The van der Waals surface area contributed by atoms with Crippen LogP contribution >= 0.6 is 11.6 Å². The van der Waals surface area contributed by atoms with Crippen molar-refractivity contribution >= 4 is 17.6 Å². The second-order valence-electron chi connectivity index (χ2n) is 4.67. The molecule has 3 aromatic rings.